The molecular formula is C19H22ClN5O2. The Morgan fingerprint density at radius 2 is 2.00 bits per heavy atom. The Hall–Kier alpha value is -2.80. The summed E-state index contributed by atoms with van der Waals surface area (Å²) in [4.78, 5) is 12.2. The molecule has 1 N–H and O–H groups in total. The van der Waals surface area contributed by atoms with Crippen LogP contribution in [0.3, 0.4) is 0 Å². The SMILES string of the molecule is Cc1cc(C)cc(OCn2ccc(C(=O)NCCCn3cc(Cl)cn3)n2)c1. The fraction of sp³-hybridized carbons (Fsp3) is 0.316. The third-order valence-corrected chi connectivity index (χ3v) is 4.08. The molecule has 0 saturated carbocycles. The summed E-state index contributed by atoms with van der Waals surface area (Å²) in [7, 11) is 0. The lowest BCUT2D eigenvalue weighted by Crippen LogP contribution is -2.26. The van der Waals surface area contributed by atoms with Gasteiger partial charge in [0, 0.05) is 25.5 Å². The van der Waals surface area contributed by atoms with E-state index in [1.165, 1.54) is 0 Å². The lowest BCUT2D eigenvalue weighted by Gasteiger charge is -2.08. The average molecular weight is 388 g/mol. The minimum absolute atomic E-state index is 0.210. The first-order valence-electron chi connectivity index (χ1n) is 8.70. The number of nitrogens with zero attached hydrogens (tertiary/aromatic N) is 4. The first-order valence-corrected chi connectivity index (χ1v) is 9.08. The molecule has 2 aromatic heterocycles. The van der Waals surface area contributed by atoms with Crippen molar-refractivity contribution in [3.8, 4) is 5.75 Å². The quantitative estimate of drug-likeness (QED) is 0.602. The van der Waals surface area contributed by atoms with Gasteiger partial charge in [0.2, 0.25) is 0 Å². The van der Waals surface area contributed by atoms with Crippen LogP contribution in [0, 0.1) is 13.8 Å². The molecule has 0 unspecified atom stereocenters. The Balaban J connectivity index is 1.44. The minimum Gasteiger partial charge on any atom is -0.471 e. The molecule has 0 spiro atoms. The fourth-order valence-electron chi connectivity index (χ4n) is 2.71. The predicted molar refractivity (Wildman–Crippen MR) is 103 cm³/mol. The Bertz CT molecular complexity index is 898. The number of nitrogens with one attached hydrogen (secondary N) is 1. The monoisotopic (exact) mass is 387 g/mol. The van der Waals surface area contributed by atoms with Crippen LogP contribution in [-0.2, 0) is 13.3 Å². The van der Waals surface area contributed by atoms with Crippen LogP contribution in [-0.4, -0.2) is 32.0 Å². The van der Waals surface area contributed by atoms with E-state index in [0.717, 1.165) is 23.3 Å². The van der Waals surface area contributed by atoms with Crippen LogP contribution < -0.4 is 10.1 Å². The van der Waals surface area contributed by atoms with Crippen LogP contribution in [0.15, 0.2) is 42.9 Å². The molecule has 0 aliphatic carbocycles. The zero-order chi connectivity index (χ0) is 19.2. The molecule has 142 valence electrons. The van der Waals surface area contributed by atoms with Crippen molar-refractivity contribution in [2.75, 3.05) is 6.54 Å². The van der Waals surface area contributed by atoms with Crippen LogP contribution in [0.5, 0.6) is 5.75 Å². The smallest absolute Gasteiger partial charge is 0.271 e. The highest BCUT2D eigenvalue weighted by atomic mass is 35.5. The highest BCUT2D eigenvalue weighted by Gasteiger charge is 2.09. The van der Waals surface area contributed by atoms with E-state index in [1.807, 2.05) is 26.0 Å². The lowest BCUT2D eigenvalue weighted by molar-refractivity contribution is 0.0945. The molecule has 2 heterocycles. The molecule has 0 fully saturated rings. The van der Waals surface area contributed by atoms with Crippen LogP contribution >= 0.6 is 11.6 Å². The molecule has 0 atom stereocenters. The number of carbonyl (C=O) groups is 1. The number of hydrogen-bond donors (Lipinski definition) is 1. The molecule has 1 amide bonds. The standard InChI is InChI=1S/C19H22ClN5O2/c1-14-8-15(2)10-17(9-14)27-13-25-7-4-18(23-25)19(26)21-5-3-6-24-12-16(20)11-22-24/h4,7-12H,3,5-6,13H2,1-2H3,(H,21,26). The third-order valence-electron chi connectivity index (χ3n) is 3.88. The lowest BCUT2D eigenvalue weighted by atomic mass is 10.1. The van der Waals surface area contributed by atoms with Crippen molar-refractivity contribution in [2.45, 2.75) is 33.5 Å². The maximum absolute atomic E-state index is 12.2. The van der Waals surface area contributed by atoms with Gasteiger partial charge in [0.25, 0.3) is 5.91 Å². The van der Waals surface area contributed by atoms with E-state index in [4.69, 9.17) is 16.3 Å². The highest BCUT2D eigenvalue weighted by Crippen LogP contribution is 2.16. The second-order valence-electron chi connectivity index (χ2n) is 6.37. The molecule has 3 aromatic rings. The van der Waals surface area contributed by atoms with E-state index in [1.54, 1.807) is 34.0 Å². The van der Waals surface area contributed by atoms with Crippen molar-refractivity contribution in [2.24, 2.45) is 0 Å². The van der Waals surface area contributed by atoms with Crippen molar-refractivity contribution in [1.82, 2.24) is 24.9 Å². The van der Waals surface area contributed by atoms with E-state index >= 15 is 0 Å². The third kappa shape index (κ3) is 5.59. The van der Waals surface area contributed by atoms with Crippen molar-refractivity contribution in [3.63, 3.8) is 0 Å². The molecule has 27 heavy (non-hydrogen) atoms. The largest absolute Gasteiger partial charge is 0.471 e. The first-order chi connectivity index (χ1) is 13.0. The van der Waals surface area contributed by atoms with Gasteiger partial charge in [-0.25, -0.2) is 4.68 Å². The van der Waals surface area contributed by atoms with Gasteiger partial charge in [-0.1, -0.05) is 17.7 Å². The van der Waals surface area contributed by atoms with Crippen molar-refractivity contribution in [3.05, 3.63) is 64.7 Å². The van der Waals surface area contributed by atoms with E-state index in [9.17, 15) is 4.79 Å². The number of aromatic nitrogens is 4. The van der Waals surface area contributed by atoms with Gasteiger partial charge < -0.3 is 10.1 Å². The van der Waals surface area contributed by atoms with E-state index in [0.29, 0.717) is 23.8 Å². The molecule has 8 heteroatoms. The zero-order valence-electron chi connectivity index (χ0n) is 15.4. The molecule has 0 aliphatic rings. The van der Waals surface area contributed by atoms with Crippen LogP contribution in [0.2, 0.25) is 5.02 Å². The second kappa shape index (κ2) is 8.73. The number of halogens is 1. The van der Waals surface area contributed by atoms with Crippen molar-refractivity contribution >= 4 is 17.5 Å². The van der Waals surface area contributed by atoms with Crippen LogP contribution in [0.25, 0.3) is 0 Å². The maximum Gasteiger partial charge on any atom is 0.271 e. The average Bonchev–Trinajstić information content (AvgIpc) is 3.25. The Morgan fingerprint density at radius 3 is 2.70 bits per heavy atom. The summed E-state index contributed by atoms with van der Waals surface area (Å²) in [5.74, 6) is 0.575. The van der Waals surface area contributed by atoms with Gasteiger partial charge in [0.1, 0.15) is 11.4 Å². The van der Waals surface area contributed by atoms with Crippen molar-refractivity contribution < 1.29 is 9.53 Å². The molecule has 1 aromatic carbocycles. The van der Waals surface area contributed by atoms with E-state index in [2.05, 4.69) is 21.6 Å². The van der Waals surface area contributed by atoms with Gasteiger partial charge in [-0.3, -0.25) is 9.48 Å². The van der Waals surface area contributed by atoms with Gasteiger partial charge in [-0.05, 0) is 49.6 Å². The van der Waals surface area contributed by atoms with Gasteiger partial charge >= 0.3 is 0 Å². The Labute approximate surface area is 162 Å². The number of ether oxygens (including phenoxy) is 1. The number of benzene rings is 1. The zero-order valence-corrected chi connectivity index (χ0v) is 16.1. The van der Waals surface area contributed by atoms with E-state index < -0.39 is 0 Å². The number of amides is 1. The second-order valence-corrected chi connectivity index (χ2v) is 6.80. The number of carbonyl (C=O) groups excluding carboxylic acids is 1. The predicted octanol–water partition coefficient (Wildman–Crippen LogP) is 3.21. The van der Waals surface area contributed by atoms with Gasteiger partial charge in [0.15, 0.2) is 6.73 Å². The first kappa shape index (κ1) is 19.0. The van der Waals surface area contributed by atoms with E-state index in [-0.39, 0.29) is 12.6 Å². The fourth-order valence-corrected chi connectivity index (χ4v) is 2.86. The molecule has 0 radical (unpaired) electrons. The van der Waals surface area contributed by atoms with Crippen LogP contribution in [0.4, 0.5) is 0 Å². The number of rotatable bonds is 8. The van der Waals surface area contributed by atoms with Crippen LogP contribution in [0.1, 0.15) is 28.0 Å². The Kier molecular flexibility index (Phi) is 6.13. The summed E-state index contributed by atoms with van der Waals surface area (Å²) in [5.41, 5.74) is 2.65. The summed E-state index contributed by atoms with van der Waals surface area (Å²) >= 11 is 5.81. The highest BCUT2D eigenvalue weighted by molar-refractivity contribution is 6.30. The normalized spacial score (nSPS) is 10.8. The maximum atomic E-state index is 12.2. The number of hydrogen-bond acceptors (Lipinski definition) is 4. The summed E-state index contributed by atoms with van der Waals surface area (Å²) < 4.78 is 9.08. The molecule has 0 bridgehead atoms. The summed E-state index contributed by atoms with van der Waals surface area (Å²) in [6.07, 6.45) is 5.82. The molecular weight excluding hydrogens is 366 g/mol. The van der Waals surface area contributed by atoms with Gasteiger partial charge in [0.05, 0.1) is 11.2 Å². The summed E-state index contributed by atoms with van der Waals surface area (Å²) in [6, 6.07) is 7.70. The van der Waals surface area contributed by atoms with Crippen molar-refractivity contribution in [1.29, 1.82) is 0 Å². The Morgan fingerprint density at radius 1 is 1.22 bits per heavy atom. The molecule has 0 aliphatic heterocycles. The summed E-state index contributed by atoms with van der Waals surface area (Å²) in [5, 5.41) is 11.8. The molecule has 7 nitrogen and oxygen atoms in total. The number of aryl methyl sites for hydroxylation is 3. The topological polar surface area (TPSA) is 74.0 Å². The molecule has 0 saturated heterocycles. The van der Waals surface area contributed by atoms with Gasteiger partial charge in [-0.15, -0.1) is 0 Å². The minimum atomic E-state index is -0.210. The summed E-state index contributed by atoms with van der Waals surface area (Å²) in [6.45, 7) is 5.51. The van der Waals surface area contributed by atoms with Gasteiger partial charge in [-0.2, -0.15) is 10.2 Å². The molecule has 3 rings (SSSR count).